The molecule has 1 heterocycles. The van der Waals surface area contributed by atoms with Crippen molar-refractivity contribution < 1.29 is 14.3 Å². The van der Waals surface area contributed by atoms with Gasteiger partial charge in [0.15, 0.2) is 5.96 Å². The second kappa shape index (κ2) is 16.1. The summed E-state index contributed by atoms with van der Waals surface area (Å²) in [7, 11) is 1.72. The fourth-order valence-corrected chi connectivity index (χ4v) is 3.96. The van der Waals surface area contributed by atoms with Gasteiger partial charge < -0.3 is 25.0 Å². The first kappa shape index (κ1) is 26.4. The molecule has 1 saturated carbocycles. The average molecular weight is 524 g/mol. The van der Waals surface area contributed by atoms with Crippen molar-refractivity contribution in [3.05, 3.63) is 0 Å². The van der Waals surface area contributed by atoms with Gasteiger partial charge in [0.1, 0.15) is 0 Å². The Hall–Kier alpha value is -0.610. The zero-order chi connectivity index (χ0) is 20.0. The maximum atomic E-state index is 12.2. The van der Waals surface area contributed by atoms with Crippen molar-refractivity contribution in [1.82, 2.24) is 15.5 Å². The van der Waals surface area contributed by atoms with Crippen LogP contribution in [0.3, 0.4) is 0 Å². The van der Waals surface area contributed by atoms with Crippen LogP contribution in [-0.2, 0) is 14.3 Å². The van der Waals surface area contributed by atoms with Crippen molar-refractivity contribution in [1.29, 1.82) is 0 Å². The molecule has 29 heavy (non-hydrogen) atoms. The molecule has 170 valence electrons. The van der Waals surface area contributed by atoms with E-state index in [1.807, 2.05) is 0 Å². The lowest BCUT2D eigenvalue weighted by Crippen LogP contribution is -2.47. The van der Waals surface area contributed by atoms with Crippen LogP contribution in [0.4, 0.5) is 0 Å². The van der Waals surface area contributed by atoms with E-state index in [-0.39, 0.29) is 35.8 Å². The number of methoxy groups -OCH3 is 1. The smallest absolute Gasteiger partial charge is 0.223 e. The predicted octanol–water partition coefficient (Wildman–Crippen LogP) is 2.78. The molecule has 0 spiro atoms. The van der Waals surface area contributed by atoms with Gasteiger partial charge in [-0.1, -0.05) is 19.3 Å². The van der Waals surface area contributed by atoms with E-state index in [0.29, 0.717) is 19.2 Å². The Balaban J connectivity index is 0.00000420. The molecule has 1 amide bonds. The summed E-state index contributed by atoms with van der Waals surface area (Å²) >= 11 is 0. The zero-order valence-corrected chi connectivity index (χ0v) is 20.6. The number of amides is 1. The number of ether oxygens (including phenoxy) is 2. The van der Waals surface area contributed by atoms with Crippen molar-refractivity contribution in [2.24, 2.45) is 10.9 Å². The molecule has 1 saturated heterocycles. The highest BCUT2D eigenvalue weighted by Gasteiger charge is 2.22. The lowest BCUT2D eigenvalue weighted by Gasteiger charge is -2.34. The molecule has 2 rings (SSSR count). The Morgan fingerprint density at radius 3 is 2.45 bits per heavy atom. The molecule has 0 aromatic carbocycles. The van der Waals surface area contributed by atoms with Crippen LogP contribution >= 0.6 is 24.0 Å². The van der Waals surface area contributed by atoms with Gasteiger partial charge in [-0.2, -0.15) is 0 Å². The van der Waals surface area contributed by atoms with Crippen LogP contribution in [0.1, 0.15) is 58.3 Å². The number of hydrogen-bond acceptors (Lipinski definition) is 4. The first-order valence-electron chi connectivity index (χ1n) is 11.2. The first-order valence-corrected chi connectivity index (χ1v) is 11.2. The molecule has 0 aromatic rings. The molecule has 0 radical (unpaired) electrons. The standard InChI is InChI=1S/C21H40N4O3.HI/c1-3-22-21(24-13-12-23-20(26)18-8-5-4-6-9-18)25-14-10-19(11-15-25)28-17-7-16-27-2;/h18-19H,3-17H2,1-2H3,(H,22,24)(H,23,26);1H. The normalized spacial score (nSPS) is 19.0. The van der Waals surface area contributed by atoms with Crippen LogP contribution in [0.25, 0.3) is 0 Å². The number of carbonyl (C=O) groups is 1. The number of carbonyl (C=O) groups excluding carboxylic acids is 1. The molecule has 1 aliphatic heterocycles. The van der Waals surface area contributed by atoms with Crippen LogP contribution < -0.4 is 10.6 Å². The SMILES string of the molecule is CCNC(=NCCNC(=O)C1CCCCC1)N1CCC(OCCCOC)CC1.I. The second-order valence-corrected chi connectivity index (χ2v) is 7.77. The van der Waals surface area contributed by atoms with Gasteiger partial charge in [0.25, 0.3) is 0 Å². The van der Waals surface area contributed by atoms with Gasteiger partial charge in [-0.3, -0.25) is 9.79 Å². The van der Waals surface area contributed by atoms with Gasteiger partial charge in [-0.15, -0.1) is 24.0 Å². The maximum Gasteiger partial charge on any atom is 0.223 e. The number of piperidine rings is 1. The number of guanidine groups is 1. The van der Waals surface area contributed by atoms with Gasteiger partial charge in [0.05, 0.1) is 12.6 Å². The van der Waals surface area contributed by atoms with E-state index in [1.165, 1.54) is 19.3 Å². The topological polar surface area (TPSA) is 75.2 Å². The Labute approximate surface area is 193 Å². The summed E-state index contributed by atoms with van der Waals surface area (Å²) in [5.41, 5.74) is 0. The monoisotopic (exact) mass is 524 g/mol. The molecule has 2 fully saturated rings. The summed E-state index contributed by atoms with van der Waals surface area (Å²) in [5, 5.41) is 6.46. The van der Waals surface area contributed by atoms with Gasteiger partial charge >= 0.3 is 0 Å². The molecular weight excluding hydrogens is 483 g/mol. The summed E-state index contributed by atoms with van der Waals surface area (Å²) in [6, 6.07) is 0. The number of nitrogens with zero attached hydrogens (tertiary/aromatic N) is 2. The van der Waals surface area contributed by atoms with Crippen LogP contribution in [0.5, 0.6) is 0 Å². The number of nitrogens with one attached hydrogen (secondary N) is 2. The lowest BCUT2D eigenvalue weighted by molar-refractivity contribution is -0.125. The number of halogens is 1. The van der Waals surface area contributed by atoms with Crippen molar-refractivity contribution >= 4 is 35.8 Å². The Morgan fingerprint density at radius 1 is 1.07 bits per heavy atom. The lowest BCUT2D eigenvalue weighted by atomic mass is 9.89. The second-order valence-electron chi connectivity index (χ2n) is 7.77. The quantitative estimate of drug-likeness (QED) is 0.199. The van der Waals surface area contributed by atoms with Crippen molar-refractivity contribution in [3.63, 3.8) is 0 Å². The summed E-state index contributed by atoms with van der Waals surface area (Å²) in [6.07, 6.45) is 9.07. The fourth-order valence-electron chi connectivity index (χ4n) is 3.96. The third-order valence-corrected chi connectivity index (χ3v) is 5.57. The van der Waals surface area contributed by atoms with E-state index < -0.39 is 0 Å². The van der Waals surface area contributed by atoms with Gasteiger partial charge in [-0.25, -0.2) is 0 Å². The molecule has 8 heteroatoms. The third-order valence-electron chi connectivity index (χ3n) is 5.57. The molecule has 0 aromatic heterocycles. The molecule has 7 nitrogen and oxygen atoms in total. The summed E-state index contributed by atoms with van der Waals surface area (Å²) < 4.78 is 11.0. The summed E-state index contributed by atoms with van der Waals surface area (Å²) in [6.45, 7) is 7.61. The molecule has 0 bridgehead atoms. The highest BCUT2D eigenvalue weighted by atomic mass is 127. The van der Waals surface area contributed by atoms with E-state index in [4.69, 9.17) is 14.5 Å². The van der Waals surface area contributed by atoms with Crippen LogP contribution in [-0.4, -0.2) is 75.9 Å². The maximum absolute atomic E-state index is 12.2. The molecule has 1 aliphatic carbocycles. The largest absolute Gasteiger partial charge is 0.385 e. The Kier molecular flexibility index (Phi) is 14.7. The van der Waals surface area contributed by atoms with Crippen molar-refractivity contribution in [2.45, 2.75) is 64.4 Å². The number of likely N-dealkylation sites (tertiary alicyclic amines) is 1. The Bertz CT molecular complexity index is 465. The van der Waals surface area contributed by atoms with Crippen LogP contribution in [0.2, 0.25) is 0 Å². The first-order chi connectivity index (χ1) is 13.7. The fraction of sp³-hybridized carbons (Fsp3) is 0.905. The highest BCUT2D eigenvalue weighted by Crippen LogP contribution is 2.23. The average Bonchev–Trinajstić information content (AvgIpc) is 2.74. The minimum absolute atomic E-state index is 0. The molecular formula is C21H41IN4O3. The summed E-state index contributed by atoms with van der Waals surface area (Å²) in [5.74, 6) is 1.38. The van der Waals surface area contributed by atoms with Gasteiger partial charge in [0.2, 0.25) is 5.91 Å². The molecule has 0 atom stereocenters. The molecule has 0 unspecified atom stereocenters. The van der Waals surface area contributed by atoms with Crippen LogP contribution in [0, 0.1) is 5.92 Å². The number of hydrogen-bond donors (Lipinski definition) is 2. The van der Waals surface area contributed by atoms with Gasteiger partial charge in [0, 0.05) is 52.4 Å². The number of aliphatic imine (C=N–C) groups is 1. The minimum Gasteiger partial charge on any atom is -0.385 e. The van der Waals surface area contributed by atoms with Gasteiger partial charge in [-0.05, 0) is 39.0 Å². The zero-order valence-electron chi connectivity index (χ0n) is 18.3. The van der Waals surface area contributed by atoms with E-state index in [9.17, 15) is 4.79 Å². The van der Waals surface area contributed by atoms with E-state index >= 15 is 0 Å². The number of rotatable bonds is 10. The molecule has 2 N–H and O–H groups in total. The predicted molar refractivity (Wildman–Crippen MR) is 128 cm³/mol. The molecule has 2 aliphatic rings. The van der Waals surface area contributed by atoms with E-state index in [2.05, 4.69) is 22.5 Å². The highest BCUT2D eigenvalue weighted by molar-refractivity contribution is 14.0. The van der Waals surface area contributed by atoms with Crippen molar-refractivity contribution in [2.75, 3.05) is 53.0 Å². The van der Waals surface area contributed by atoms with E-state index in [1.54, 1.807) is 7.11 Å². The third kappa shape index (κ3) is 10.3. The van der Waals surface area contributed by atoms with Crippen molar-refractivity contribution in [3.8, 4) is 0 Å². The Morgan fingerprint density at radius 2 is 1.79 bits per heavy atom. The van der Waals surface area contributed by atoms with Crippen LogP contribution in [0.15, 0.2) is 4.99 Å². The summed E-state index contributed by atoms with van der Waals surface area (Å²) in [4.78, 5) is 19.3. The minimum atomic E-state index is 0. The van der Waals surface area contributed by atoms with E-state index in [0.717, 1.165) is 70.9 Å².